The van der Waals surface area contributed by atoms with Crippen molar-refractivity contribution in [2.24, 2.45) is 5.92 Å². The van der Waals surface area contributed by atoms with Crippen LogP contribution in [0.15, 0.2) is 78.9 Å². The van der Waals surface area contributed by atoms with Gasteiger partial charge in [-0.25, -0.2) is 4.39 Å². The van der Waals surface area contributed by atoms with Crippen molar-refractivity contribution in [1.29, 1.82) is 0 Å². The number of hydrogen-bond acceptors (Lipinski definition) is 3. The van der Waals surface area contributed by atoms with Gasteiger partial charge in [0.2, 0.25) is 5.91 Å². The van der Waals surface area contributed by atoms with E-state index in [1.54, 1.807) is 48.4 Å². The molecule has 2 atom stereocenters. The molecule has 164 valence electrons. The third kappa shape index (κ3) is 4.80. The van der Waals surface area contributed by atoms with E-state index < -0.39 is 0 Å². The van der Waals surface area contributed by atoms with Crippen molar-refractivity contribution in [3.8, 4) is 5.75 Å². The van der Waals surface area contributed by atoms with Gasteiger partial charge in [-0.3, -0.25) is 9.59 Å². The van der Waals surface area contributed by atoms with E-state index in [4.69, 9.17) is 4.74 Å². The van der Waals surface area contributed by atoms with Gasteiger partial charge in [0.15, 0.2) is 0 Å². The van der Waals surface area contributed by atoms with Crippen molar-refractivity contribution < 1.29 is 18.7 Å². The van der Waals surface area contributed by atoms with Crippen LogP contribution >= 0.6 is 0 Å². The molecule has 1 saturated heterocycles. The summed E-state index contributed by atoms with van der Waals surface area (Å²) in [4.78, 5) is 28.0. The Morgan fingerprint density at radius 3 is 2.31 bits per heavy atom. The van der Waals surface area contributed by atoms with Gasteiger partial charge in [0.05, 0.1) is 13.0 Å². The molecule has 5 nitrogen and oxygen atoms in total. The number of halogens is 1. The highest BCUT2D eigenvalue weighted by Crippen LogP contribution is 2.34. The molecule has 0 radical (unpaired) electrons. The van der Waals surface area contributed by atoms with E-state index >= 15 is 0 Å². The van der Waals surface area contributed by atoms with Gasteiger partial charge < -0.3 is 15.0 Å². The van der Waals surface area contributed by atoms with Crippen molar-refractivity contribution in [3.05, 3.63) is 101 Å². The van der Waals surface area contributed by atoms with Crippen molar-refractivity contribution in [2.45, 2.75) is 12.5 Å². The Hall–Kier alpha value is -3.67. The SMILES string of the molecule is COc1ccc(C(=O)N2C[C@@H](C(=O)NCc3ccc(F)cc3)[C@H](c3ccccc3)C2)cc1. The minimum absolute atomic E-state index is 0.105. The number of likely N-dealkylation sites (tertiary alicyclic amines) is 1. The molecular formula is C26H25FN2O3. The lowest BCUT2D eigenvalue weighted by molar-refractivity contribution is -0.125. The van der Waals surface area contributed by atoms with Crippen molar-refractivity contribution in [3.63, 3.8) is 0 Å². The monoisotopic (exact) mass is 432 g/mol. The maximum absolute atomic E-state index is 13.1. The van der Waals surface area contributed by atoms with Crippen molar-refractivity contribution >= 4 is 11.8 Å². The topological polar surface area (TPSA) is 58.6 Å². The summed E-state index contributed by atoms with van der Waals surface area (Å²) in [5.41, 5.74) is 2.41. The number of methoxy groups -OCH3 is 1. The van der Waals surface area contributed by atoms with Crippen LogP contribution in [0.1, 0.15) is 27.4 Å². The molecule has 1 N–H and O–H groups in total. The fourth-order valence-electron chi connectivity index (χ4n) is 4.11. The second-order valence-electron chi connectivity index (χ2n) is 7.91. The summed E-state index contributed by atoms with van der Waals surface area (Å²) < 4.78 is 18.3. The number of carbonyl (C=O) groups is 2. The average Bonchev–Trinajstić information content (AvgIpc) is 3.29. The minimum atomic E-state index is -0.375. The number of carbonyl (C=O) groups excluding carboxylic acids is 2. The van der Waals surface area contributed by atoms with Crippen LogP contribution < -0.4 is 10.1 Å². The zero-order valence-corrected chi connectivity index (χ0v) is 17.8. The molecule has 0 saturated carbocycles. The van der Waals surface area contributed by atoms with Gasteiger partial charge in [-0.05, 0) is 47.5 Å². The third-order valence-electron chi connectivity index (χ3n) is 5.89. The van der Waals surface area contributed by atoms with Gasteiger partial charge in [0.1, 0.15) is 11.6 Å². The standard InChI is InChI=1S/C26H25FN2O3/c1-32-22-13-9-20(10-14-22)26(31)29-16-23(19-5-3-2-4-6-19)24(17-29)25(30)28-15-18-7-11-21(27)12-8-18/h2-14,23-24H,15-17H2,1H3,(H,28,30)/t23-,24+/m0/s1. The summed E-state index contributed by atoms with van der Waals surface area (Å²) in [6.07, 6.45) is 0. The molecule has 1 heterocycles. The molecule has 32 heavy (non-hydrogen) atoms. The number of nitrogens with one attached hydrogen (secondary N) is 1. The van der Waals surface area contributed by atoms with Gasteiger partial charge in [0.25, 0.3) is 5.91 Å². The molecule has 4 rings (SSSR count). The van der Waals surface area contributed by atoms with Gasteiger partial charge in [0, 0.05) is 31.1 Å². The van der Waals surface area contributed by atoms with Gasteiger partial charge >= 0.3 is 0 Å². The normalized spacial score (nSPS) is 17.8. The molecule has 1 fully saturated rings. The molecule has 0 unspecified atom stereocenters. The molecule has 0 aliphatic carbocycles. The van der Waals surface area contributed by atoms with Gasteiger partial charge in [-0.15, -0.1) is 0 Å². The number of benzene rings is 3. The maximum atomic E-state index is 13.1. The van der Waals surface area contributed by atoms with E-state index in [9.17, 15) is 14.0 Å². The predicted octanol–water partition coefficient (Wildman–Crippen LogP) is 4.01. The molecule has 0 bridgehead atoms. The first kappa shape index (κ1) is 21.6. The van der Waals surface area contributed by atoms with Crippen LogP contribution in [-0.4, -0.2) is 36.9 Å². The second-order valence-corrected chi connectivity index (χ2v) is 7.91. The Morgan fingerprint density at radius 1 is 0.969 bits per heavy atom. The first-order valence-electron chi connectivity index (χ1n) is 10.6. The molecule has 1 aliphatic rings. The number of nitrogens with zero attached hydrogens (tertiary/aromatic N) is 1. The summed E-state index contributed by atoms with van der Waals surface area (Å²) >= 11 is 0. The van der Waals surface area contributed by atoms with Crippen molar-refractivity contribution in [2.75, 3.05) is 20.2 Å². The number of ether oxygens (including phenoxy) is 1. The largest absolute Gasteiger partial charge is 0.497 e. The summed E-state index contributed by atoms with van der Waals surface area (Å²) in [5.74, 6) is -0.335. The molecule has 6 heteroatoms. The van der Waals surface area contributed by atoms with E-state index in [-0.39, 0.29) is 29.5 Å². The highest BCUT2D eigenvalue weighted by atomic mass is 19.1. The van der Waals surface area contributed by atoms with E-state index in [1.165, 1.54) is 12.1 Å². The van der Waals surface area contributed by atoms with Gasteiger partial charge in [-0.2, -0.15) is 0 Å². The Morgan fingerprint density at radius 2 is 1.66 bits per heavy atom. The van der Waals surface area contributed by atoms with Crippen LogP contribution in [-0.2, 0) is 11.3 Å². The van der Waals surface area contributed by atoms with Crippen LogP contribution in [0.5, 0.6) is 5.75 Å². The first-order chi connectivity index (χ1) is 15.5. The van der Waals surface area contributed by atoms with Crippen LogP contribution in [0.4, 0.5) is 4.39 Å². The van der Waals surface area contributed by atoms with Gasteiger partial charge in [-0.1, -0.05) is 42.5 Å². The first-order valence-corrected chi connectivity index (χ1v) is 10.6. The summed E-state index contributed by atoms with van der Waals surface area (Å²) in [5, 5.41) is 2.96. The summed E-state index contributed by atoms with van der Waals surface area (Å²) in [7, 11) is 1.58. The molecule has 0 aromatic heterocycles. The van der Waals surface area contributed by atoms with E-state index in [2.05, 4.69) is 5.32 Å². The molecule has 3 aromatic rings. The minimum Gasteiger partial charge on any atom is -0.497 e. The fraction of sp³-hybridized carbons (Fsp3) is 0.231. The lowest BCUT2D eigenvalue weighted by Crippen LogP contribution is -2.35. The van der Waals surface area contributed by atoms with Crippen LogP contribution in [0.25, 0.3) is 0 Å². The Labute approximate surface area is 186 Å². The predicted molar refractivity (Wildman–Crippen MR) is 120 cm³/mol. The Bertz CT molecular complexity index is 1070. The zero-order valence-electron chi connectivity index (χ0n) is 17.8. The highest BCUT2D eigenvalue weighted by molar-refractivity contribution is 5.95. The number of hydrogen-bond donors (Lipinski definition) is 1. The Kier molecular flexibility index (Phi) is 6.50. The van der Waals surface area contributed by atoms with Crippen LogP contribution in [0, 0.1) is 11.7 Å². The summed E-state index contributed by atoms with van der Waals surface area (Å²) in [6, 6.07) is 22.8. The molecule has 0 spiro atoms. The fourth-order valence-corrected chi connectivity index (χ4v) is 4.11. The molecule has 2 amide bonds. The van der Waals surface area contributed by atoms with E-state index in [1.807, 2.05) is 30.3 Å². The van der Waals surface area contributed by atoms with E-state index in [0.717, 1.165) is 11.1 Å². The zero-order chi connectivity index (χ0) is 22.5. The van der Waals surface area contributed by atoms with Crippen LogP contribution in [0.3, 0.4) is 0 Å². The smallest absolute Gasteiger partial charge is 0.253 e. The number of rotatable bonds is 6. The Balaban J connectivity index is 1.51. The second kappa shape index (κ2) is 9.64. The number of amides is 2. The van der Waals surface area contributed by atoms with Crippen LogP contribution in [0.2, 0.25) is 0 Å². The summed E-state index contributed by atoms with van der Waals surface area (Å²) in [6.45, 7) is 1.10. The molecule has 3 aromatic carbocycles. The average molecular weight is 432 g/mol. The third-order valence-corrected chi connectivity index (χ3v) is 5.89. The van der Waals surface area contributed by atoms with Crippen molar-refractivity contribution in [1.82, 2.24) is 10.2 Å². The highest BCUT2D eigenvalue weighted by Gasteiger charge is 2.40. The quantitative estimate of drug-likeness (QED) is 0.640. The lowest BCUT2D eigenvalue weighted by atomic mass is 9.88. The van der Waals surface area contributed by atoms with E-state index in [0.29, 0.717) is 30.9 Å². The molecule has 1 aliphatic heterocycles. The lowest BCUT2D eigenvalue weighted by Gasteiger charge is -2.18. The maximum Gasteiger partial charge on any atom is 0.253 e. The molecular weight excluding hydrogens is 407 g/mol.